The van der Waals surface area contributed by atoms with Gasteiger partial charge in [0.2, 0.25) is 5.91 Å². The van der Waals surface area contributed by atoms with Crippen LogP contribution in [0.1, 0.15) is 76.2 Å². The zero-order chi connectivity index (χ0) is 34.1. The number of aromatic amines is 1. The summed E-state index contributed by atoms with van der Waals surface area (Å²) in [5.74, 6) is 0.255. The Morgan fingerprint density at radius 1 is 0.857 bits per heavy atom. The van der Waals surface area contributed by atoms with Crippen LogP contribution in [0.15, 0.2) is 115 Å². The van der Waals surface area contributed by atoms with Gasteiger partial charge in [0.15, 0.2) is 0 Å². The molecular formula is C43H50N2O3Si. The fourth-order valence-corrected chi connectivity index (χ4v) is 13.3. The van der Waals surface area contributed by atoms with Crippen LogP contribution in [0.3, 0.4) is 0 Å². The van der Waals surface area contributed by atoms with E-state index in [0.29, 0.717) is 13.2 Å². The van der Waals surface area contributed by atoms with Crippen LogP contribution in [0.5, 0.6) is 0 Å². The van der Waals surface area contributed by atoms with Crippen molar-refractivity contribution in [3.63, 3.8) is 0 Å². The van der Waals surface area contributed by atoms with E-state index in [1.54, 1.807) is 0 Å². The number of aryl methyl sites for hydroxylation is 1. The molecule has 5 nitrogen and oxygen atoms in total. The van der Waals surface area contributed by atoms with Crippen molar-refractivity contribution in [1.82, 2.24) is 9.88 Å². The van der Waals surface area contributed by atoms with Crippen LogP contribution in [0.4, 0.5) is 0 Å². The van der Waals surface area contributed by atoms with Crippen LogP contribution in [0, 0.1) is 5.41 Å². The van der Waals surface area contributed by atoms with E-state index in [1.165, 1.54) is 27.0 Å². The van der Waals surface area contributed by atoms with E-state index in [2.05, 4.69) is 147 Å². The Kier molecular flexibility index (Phi) is 9.40. The van der Waals surface area contributed by atoms with Gasteiger partial charge in [0.25, 0.3) is 8.32 Å². The summed E-state index contributed by atoms with van der Waals surface area (Å²) in [6.45, 7) is 10.4. The van der Waals surface area contributed by atoms with Crippen molar-refractivity contribution in [1.29, 1.82) is 0 Å². The smallest absolute Gasteiger partial charge is 0.261 e. The molecule has 4 aromatic carbocycles. The second-order valence-electron chi connectivity index (χ2n) is 15.0. The number of para-hydroxylation sites is 1. The first kappa shape index (κ1) is 33.5. The fourth-order valence-electron chi connectivity index (χ4n) is 8.69. The van der Waals surface area contributed by atoms with Crippen molar-refractivity contribution in [3.8, 4) is 0 Å². The number of amides is 1. The van der Waals surface area contributed by atoms with E-state index < -0.39 is 13.7 Å². The summed E-state index contributed by atoms with van der Waals surface area (Å²) < 4.78 is 13.5. The lowest BCUT2D eigenvalue weighted by Crippen LogP contribution is -2.66. The van der Waals surface area contributed by atoms with E-state index in [9.17, 15) is 4.79 Å². The molecular weight excluding hydrogens is 621 g/mol. The largest absolute Gasteiger partial charge is 0.407 e. The Morgan fingerprint density at radius 3 is 2.10 bits per heavy atom. The van der Waals surface area contributed by atoms with Crippen molar-refractivity contribution in [2.24, 2.45) is 5.41 Å². The van der Waals surface area contributed by atoms with Crippen LogP contribution in [-0.2, 0) is 26.8 Å². The maximum Gasteiger partial charge on any atom is 0.261 e. The van der Waals surface area contributed by atoms with Crippen LogP contribution in [-0.4, -0.2) is 43.6 Å². The van der Waals surface area contributed by atoms with E-state index >= 15 is 0 Å². The molecule has 0 radical (unpaired) electrons. The first-order chi connectivity index (χ1) is 23.8. The second kappa shape index (κ2) is 13.7. The number of ether oxygens (including phenoxy) is 1. The average molecular weight is 671 g/mol. The number of benzene rings is 4. The number of nitrogens with one attached hydrogen (secondary N) is 1. The fraction of sp³-hybridized carbons (Fsp3) is 0.372. The third kappa shape index (κ3) is 6.09. The highest BCUT2D eigenvalue weighted by Crippen LogP contribution is 2.47. The third-order valence-electron chi connectivity index (χ3n) is 11.4. The molecule has 254 valence electrons. The molecule has 7 rings (SSSR count). The molecule has 3 atom stereocenters. The topological polar surface area (TPSA) is 54.6 Å². The average Bonchev–Trinajstić information content (AvgIpc) is 3.73. The van der Waals surface area contributed by atoms with Crippen molar-refractivity contribution < 1.29 is 14.0 Å². The van der Waals surface area contributed by atoms with Crippen molar-refractivity contribution in [3.05, 3.63) is 132 Å². The second-order valence-corrected chi connectivity index (χ2v) is 19.3. The monoisotopic (exact) mass is 670 g/mol. The van der Waals surface area contributed by atoms with E-state index in [4.69, 9.17) is 9.16 Å². The summed E-state index contributed by atoms with van der Waals surface area (Å²) >= 11 is 0. The van der Waals surface area contributed by atoms with E-state index in [1.807, 2.05) is 6.07 Å². The van der Waals surface area contributed by atoms with E-state index in [-0.39, 0.29) is 23.2 Å². The summed E-state index contributed by atoms with van der Waals surface area (Å²) in [7, 11) is -2.66. The number of fused-ring (bicyclic) bond motifs is 2. The van der Waals surface area contributed by atoms with Gasteiger partial charge in [0.05, 0.1) is 12.6 Å². The maximum absolute atomic E-state index is 14.5. The molecule has 49 heavy (non-hydrogen) atoms. The number of H-pyrrole nitrogens is 1. The van der Waals surface area contributed by atoms with Gasteiger partial charge in [-0.05, 0) is 71.1 Å². The normalized spacial score (nSPS) is 21.3. The third-order valence-corrected chi connectivity index (χ3v) is 16.4. The number of piperidine rings is 1. The molecule has 1 aromatic heterocycles. The highest BCUT2D eigenvalue weighted by Gasteiger charge is 2.52. The lowest BCUT2D eigenvalue weighted by molar-refractivity contribution is -0.158. The number of rotatable bonds is 11. The first-order valence-electron chi connectivity index (χ1n) is 18.1. The van der Waals surface area contributed by atoms with Gasteiger partial charge in [0, 0.05) is 28.6 Å². The van der Waals surface area contributed by atoms with Crippen LogP contribution >= 0.6 is 0 Å². The lowest BCUT2D eigenvalue weighted by Gasteiger charge is -2.44. The standard InChI is InChI=1S/C43H50N2O3Si/c1-5-43(29-26-40-45(41(43)46)39(31-47-40)32-17-9-6-10-18-32)28-25-38-36(35-23-15-16-24-37(35)44-38)27-30-48-49(42(2,3)4,33-19-11-7-12-20-33)34-21-13-8-14-22-34/h6-24,39-40,44H,5,25-31H2,1-4H3/t39-,40-,43-/m0/s1. The van der Waals surface area contributed by atoms with Gasteiger partial charge in [-0.25, -0.2) is 0 Å². The van der Waals surface area contributed by atoms with Gasteiger partial charge < -0.3 is 19.0 Å². The molecule has 3 heterocycles. The van der Waals surface area contributed by atoms with Gasteiger partial charge >= 0.3 is 0 Å². The molecule has 0 saturated carbocycles. The van der Waals surface area contributed by atoms with Gasteiger partial charge in [-0.1, -0.05) is 137 Å². The molecule has 0 spiro atoms. The molecule has 0 aliphatic carbocycles. The number of nitrogens with zero attached hydrogens (tertiary/aromatic N) is 1. The highest BCUT2D eigenvalue weighted by atomic mass is 28.4. The van der Waals surface area contributed by atoms with Crippen LogP contribution in [0.25, 0.3) is 10.9 Å². The molecule has 0 unspecified atom stereocenters. The number of hydrogen-bond donors (Lipinski definition) is 1. The van der Waals surface area contributed by atoms with Gasteiger partial charge in [-0.2, -0.15) is 0 Å². The number of carbonyl (C=O) groups excluding carboxylic acids is 1. The van der Waals surface area contributed by atoms with Crippen molar-refractivity contribution >= 4 is 35.5 Å². The van der Waals surface area contributed by atoms with Crippen molar-refractivity contribution in [2.45, 2.75) is 83.5 Å². The summed E-state index contributed by atoms with van der Waals surface area (Å²) in [5.41, 5.74) is 4.44. The molecule has 2 aliphatic heterocycles. The first-order valence-corrected chi connectivity index (χ1v) is 20.0. The van der Waals surface area contributed by atoms with Crippen molar-refractivity contribution in [2.75, 3.05) is 13.2 Å². The quantitative estimate of drug-likeness (QED) is 0.144. The van der Waals surface area contributed by atoms with Crippen LogP contribution in [0.2, 0.25) is 5.04 Å². The van der Waals surface area contributed by atoms with Gasteiger partial charge in [0.1, 0.15) is 6.23 Å². The minimum Gasteiger partial charge on any atom is -0.407 e. The Balaban J connectivity index is 1.16. The summed E-state index contributed by atoms with van der Waals surface area (Å²) in [6, 6.07) is 40.8. The lowest BCUT2D eigenvalue weighted by atomic mass is 9.72. The predicted molar refractivity (Wildman–Crippen MR) is 202 cm³/mol. The summed E-state index contributed by atoms with van der Waals surface area (Å²) in [6.07, 6.45) is 4.87. The van der Waals surface area contributed by atoms with Crippen LogP contribution < -0.4 is 10.4 Å². The zero-order valence-corrected chi connectivity index (χ0v) is 30.5. The molecule has 2 saturated heterocycles. The van der Waals surface area contributed by atoms with Gasteiger partial charge in [-0.15, -0.1) is 0 Å². The Morgan fingerprint density at radius 2 is 1.47 bits per heavy atom. The summed E-state index contributed by atoms with van der Waals surface area (Å²) in [5, 5.41) is 3.77. The molecule has 2 aliphatic rings. The molecule has 2 fully saturated rings. The SMILES string of the molecule is CC[C@]1(CCc2[nH]c3ccccc3c2CCO[Si](c2ccccc2)(c2ccccc2)C(C)(C)C)CC[C@@H]2OC[C@@H](c3ccccc3)N2C1=O. The number of carbonyl (C=O) groups is 1. The summed E-state index contributed by atoms with van der Waals surface area (Å²) in [4.78, 5) is 20.4. The molecule has 0 bridgehead atoms. The minimum absolute atomic E-state index is 0.0211. The predicted octanol–water partition coefficient (Wildman–Crippen LogP) is 8.34. The number of aromatic nitrogens is 1. The highest BCUT2D eigenvalue weighted by molar-refractivity contribution is 6.99. The molecule has 1 N–H and O–H groups in total. The number of hydrogen-bond acceptors (Lipinski definition) is 3. The molecule has 6 heteroatoms. The van der Waals surface area contributed by atoms with Gasteiger partial charge in [-0.3, -0.25) is 4.79 Å². The maximum atomic E-state index is 14.5. The molecule has 5 aromatic rings. The molecule has 1 amide bonds. The minimum atomic E-state index is -2.66. The Labute approximate surface area is 292 Å². The van der Waals surface area contributed by atoms with E-state index in [0.717, 1.165) is 49.6 Å². The zero-order valence-electron chi connectivity index (χ0n) is 29.5. The Bertz CT molecular complexity index is 1830. The Hall–Kier alpha value is -3.97.